The maximum Gasteiger partial charge on any atom is 0.136 e. The topological polar surface area (TPSA) is 33.0 Å². The van der Waals surface area contributed by atoms with E-state index in [0.29, 0.717) is 0 Å². The van der Waals surface area contributed by atoms with Crippen molar-refractivity contribution >= 4 is 22.6 Å². The molecule has 6 heteroatoms. The van der Waals surface area contributed by atoms with Gasteiger partial charge in [-0.05, 0) is 40.8 Å². The summed E-state index contributed by atoms with van der Waals surface area (Å²) in [6, 6.07) is 8.70. The fourth-order valence-corrected chi connectivity index (χ4v) is 4.49. The van der Waals surface area contributed by atoms with Gasteiger partial charge in [-0.2, -0.15) is 0 Å². The fraction of sp³-hybridized carbons (Fsp3) is 0.286. The number of hydrogen-bond donors (Lipinski definition) is 0. The van der Waals surface area contributed by atoms with Gasteiger partial charge in [-0.1, -0.05) is 12.1 Å². The van der Waals surface area contributed by atoms with Gasteiger partial charge >= 0.3 is 0 Å². The molecule has 0 radical (unpaired) electrons. The third kappa shape index (κ3) is 3.38. The highest BCUT2D eigenvalue weighted by atomic mass is 32.1. The Morgan fingerprint density at radius 1 is 1.11 bits per heavy atom. The van der Waals surface area contributed by atoms with E-state index in [9.17, 15) is 0 Å². The Bertz CT molecular complexity index is 983. The predicted molar refractivity (Wildman–Crippen MR) is 108 cm³/mol. The van der Waals surface area contributed by atoms with Crippen LogP contribution < -0.4 is 0 Å². The number of imidazole rings is 1. The molecule has 5 nitrogen and oxygen atoms in total. The quantitative estimate of drug-likeness (QED) is 0.696. The molecule has 3 aromatic rings. The first-order chi connectivity index (χ1) is 13.4. The van der Waals surface area contributed by atoms with E-state index in [4.69, 9.17) is 4.74 Å². The zero-order chi connectivity index (χ0) is 18.1. The molecule has 5 rings (SSSR count). The molecule has 0 spiro atoms. The zero-order valence-corrected chi connectivity index (χ0v) is 15.9. The van der Waals surface area contributed by atoms with E-state index in [-0.39, 0.29) is 0 Å². The highest BCUT2D eigenvalue weighted by Gasteiger charge is 2.23. The van der Waals surface area contributed by atoms with Crippen molar-refractivity contribution in [2.75, 3.05) is 32.8 Å². The van der Waals surface area contributed by atoms with Crippen molar-refractivity contribution < 1.29 is 4.74 Å². The third-order valence-corrected chi connectivity index (χ3v) is 6.07. The van der Waals surface area contributed by atoms with Crippen LogP contribution in [0.15, 0.2) is 66.2 Å². The molecule has 2 aliphatic rings. The van der Waals surface area contributed by atoms with Gasteiger partial charge < -0.3 is 18.9 Å². The summed E-state index contributed by atoms with van der Waals surface area (Å²) < 4.78 is 7.60. The smallest absolute Gasteiger partial charge is 0.136 e. The zero-order valence-electron chi connectivity index (χ0n) is 15.1. The lowest BCUT2D eigenvalue weighted by atomic mass is 10.1. The Labute approximate surface area is 162 Å². The first-order valence-electron chi connectivity index (χ1n) is 9.31. The van der Waals surface area contributed by atoms with Crippen molar-refractivity contribution in [3.8, 4) is 0 Å². The molecule has 0 bridgehead atoms. The van der Waals surface area contributed by atoms with E-state index >= 15 is 0 Å². The summed E-state index contributed by atoms with van der Waals surface area (Å²) in [6.07, 6.45) is 10.5. The van der Waals surface area contributed by atoms with Crippen LogP contribution in [0.3, 0.4) is 0 Å². The standard InChI is InChI=1S/C21H22N4OS/c1-2-19(27-13-1)18-3-4-21(24-9-11-26-12-10-24)25(16-18)15-17-5-7-23-8-6-22-20(23)14-17/h1-8,13-14H,9-12,15-16H2. The minimum Gasteiger partial charge on any atom is -0.378 e. The number of rotatable bonds is 4. The number of nitrogens with zero attached hydrogens (tertiary/aromatic N) is 4. The second kappa shape index (κ2) is 7.21. The Balaban J connectivity index is 1.45. The van der Waals surface area contributed by atoms with Gasteiger partial charge in [-0.15, -0.1) is 11.3 Å². The molecule has 0 aromatic carbocycles. The van der Waals surface area contributed by atoms with Gasteiger partial charge in [0.25, 0.3) is 0 Å². The van der Waals surface area contributed by atoms with Crippen LogP contribution in [0.25, 0.3) is 11.2 Å². The maximum atomic E-state index is 5.55. The predicted octanol–water partition coefficient (Wildman–Crippen LogP) is 3.47. The number of ether oxygens (including phenoxy) is 1. The minimum atomic E-state index is 0.798. The average molecular weight is 379 g/mol. The number of thiophene rings is 1. The van der Waals surface area contributed by atoms with E-state index in [1.54, 1.807) is 11.3 Å². The highest BCUT2D eigenvalue weighted by Crippen LogP contribution is 2.29. The van der Waals surface area contributed by atoms with Crippen molar-refractivity contribution in [1.29, 1.82) is 0 Å². The molecule has 0 unspecified atom stereocenters. The lowest BCUT2D eigenvalue weighted by molar-refractivity contribution is 0.0378. The molecule has 1 saturated heterocycles. The average Bonchev–Trinajstić information content (AvgIpc) is 3.40. The monoisotopic (exact) mass is 378 g/mol. The Kier molecular flexibility index (Phi) is 4.43. The molecule has 0 aliphatic carbocycles. The summed E-state index contributed by atoms with van der Waals surface area (Å²) in [7, 11) is 0. The molecular weight excluding hydrogens is 356 g/mol. The normalized spacial score (nSPS) is 17.9. The van der Waals surface area contributed by atoms with E-state index in [1.807, 2.05) is 12.4 Å². The number of allylic oxidation sites excluding steroid dienone is 2. The summed E-state index contributed by atoms with van der Waals surface area (Å²) in [4.78, 5) is 10.7. The van der Waals surface area contributed by atoms with Crippen molar-refractivity contribution in [1.82, 2.24) is 19.2 Å². The van der Waals surface area contributed by atoms with Gasteiger partial charge in [0.15, 0.2) is 0 Å². The molecule has 3 aromatic heterocycles. The maximum absolute atomic E-state index is 5.55. The van der Waals surface area contributed by atoms with Crippen LogP contribution in [0.4, 0.5) is 0 Å². The first kappa shape index (κ1) is 16.6. The first-order valence-corrected chi connectivity index (χ1v) is 10.2. The molecule has 138 valence electrons. The fourth-order valence-electron chi connectivity index (χ4n) is 3.75. The van der Waals surface area contributed by atoms with E-state index < -0.39 is 0 Å². The van der Waals surface area contributed by atoms with E-state index in [0.717, 1.165) is 45.0 Å². The number of fused-ring (bicyclic) bond motifs is 1. The number of pyridine rings is 1. The molecule has 27 heavy (non-hydrogen) atoms. The molecule has 1 fully saturated rings. The molecule has 0 atom stereocenters. The number of hydrogen-bond acceptors (Lipinski definition) is 5. The summed E-state index contributed by atoms with van der Waals surface area (Å²) in [5, 5.41) is 2.15. The summed E-state index contributed by atoms with van der Waals surface area (Å²) in [5.74, 6) is 1.29. The van der Waals surface area contributed by atoms with Gasteiger partial charge in [-0.25, -0.2) is 4.98 Å². The second-order valence-corrected chi connectivity index (χ2v) is 7.82. The van der Waals surface area contributed by atoms with Crippen LogP contribution in [-0.2, 0) is 11.3 Å². The molecule has 2 aliphatic heterocycles. The van der Waals surface area contributed by atoms with Gasteiger partial charge in [0.2, 0.25) is 0 Å². The van der Waals surface area contributed by atoms with Crippen molar-refractivity contribution in [3.63, 3.8) is 0 Å². The van der Waals surface area contributed by atoms with Crippen molar-refractivity contribution in [3.05, 3.63) is 76.6 Å². The van der Waals surface area contributed by atoms with Gasteiger partial charge in [0.05, 0.1) is 13.2 Å². The lowest BCUT2D eigenvalue weighted by Crippen LogP contribution is -2.43. The van der Waals surface area contributed by atoms with Crippen LogP contribution >= 0.6 is 11.3 Å². The van der Waals surface area contributed by atoms with Crippen LogP contribution in [-0.4, -0.2) is 52.0 Å². The minimum absolute atomic E-state index is 0.798. The summed E-state index contributed by atoms with van der Waals surface area (Å²) in [5.41, 5.74) is 3.65. The van der Waals surface area contributed by atoms with Crippen LogP contribution in [0.5, 0.6) is 0 Å². The van der Waals surface area contributed by atoms with Crippen molar-refractivity contribution in [2.24, 2.45) is 0 Å². The van der Waals surface area contributed by atoms with Gasteiger partial charge in [0.1, 0.15) is 11.5 Å². The van der Waals surface area contributed by atoms with Crippen LogP contribution in [0.2, 0.25) is 0 Å². The highest BCUT2D eigenvalue weighted by molar-refractivity contribution is 7.11. The largest absolute Gasteiger partial charge is 0.378 e. The van der Waals surface area contributed by atoms with Crippen LogP contribution in [0.1, 0.15) is 10.4 Å². The Morgan fingerprint density at radius 3 is 2.89 bits per heavy atom. The lowest BCUT2D eigenvalue weighted by Gasteiger charge is -2.40. The second-order valence-electron chi connectivity index (χ2n) is 6.88. The van der Waals surface area contributed by atoms with Gasteiger partial charge in [0, 0.05) is 49.6 Å². The number of aromatic nitrogens is 2. The molecular formula is C21H22N4OS. The molecule has 0 saturated carbocycles. The molecule has 5 heterocycles. The van der Waals surface area contributed by atoms with E-state index in [1.165, 1.54) is 21.8 Å². The van der Waals surface area contributed by atoms with Crippen molar-refractivity contribution in [2.45, 2.75) is 6.54 Å². The summed E-state index contributed by atoms with van der Waals surface area (Å²) >= 11 is 1.81. The van der Waals surface area contributed by atoms with E-state index in [2.05, 4.69) is 67.2 Å². The molecule has 0 N–H and O–H groups in total. The van der Waals surface area contributed by atoms with Crippen LogP contribution in [0, 0.1) is 0 Å². The Hall–Kier alpha value is -2.57. The SMILES string of the molecule is C1=C(c2cccs2)CN(Cc2ccn3ccnc3c2)C(N2CCOCC2)=C1. The number of morpholine rings is 1. The summed E-state index contributed by atoms with van der Waals surface area (Å²) in [6.45, 7) is 5.28. The van der Waals surface area contributed by atoms with Gasteiger partial charge in [-0.3, -0.25) is 0 Å². The molecule has 0 amide bonds. The third-order valence-electron chi connectivity index (χ3n) is 5.13. The Morgan fingerprint density at radius 2 is 2.04 bits per heavy atom.